The third kappa shape index (κ3) is 9.48. The zero-order valence-corrected chi connectivity index (χ0v) is 8.26. The van der Waals surface area contributed by atoms with Crippen molar-refractivity contribution in [2.75, 3.05) is 0 Å². The van der Waals surface area contributed by atoms with Crippen LogP contribution in [0.15, 0.2) is 24.8 Å². The van der Waals surface area contributed by atoms with Crippen molar-refractivity contribution in [3.63, 3.8) is 0 Å². The summed E-state index contributed by atoms with van der Waals surface area (Å²) >= 11 is 0. The van der Waals surface area contributed by atoms with E-state index < -0.39 is 0 Å². The average molecular weight is 165 g/mol. The molecule has 0 saturated carbocycles. The lowest BCUT2D eigenvalue weighted by Gasteiger charge is -1.96. The molecule has 0 amide bonds. The molecule has 0 rings (SSSR count). The minimum Gasteiger partial charge on any atom is -0.0991 e. The van der Waals surface area contributed by atoms with Crippen LogP contribution >= 0.6 is 0 Å². The monoisotopic (exact) mass is 165 g/mol. The lowest BCUT2D eigenvalue weighted by atomic mass is 10.1. The normalized spacial score (nSPS) is 10.8. The maximum absolute atomic E-state index is 3.63. The molecule has 0 heteroatoms. The molecule has 0 saturated heterocycles. The first-order chi connectivity index (χ1) is 5.91. The molecule has 0 aromatic heterocycles. The second-order valence-corrected chi connectivity index (χ2v) is 3.00. The first kappa shape index (κ1) is 11.5. The summed E-state index contributed by atoms with van der Waals surface area (Å²) in [5.41, 5.74) is 0. The summed E-state index contributed by atoms with van der Waals surface area (Å²) in [6, 6.07) is 0. The van der Waals surface area contributed by atoms with E-state index in [4.69, 9.17) is 0 Å². The van der Waals surface area contributed by atoms with Gasteiger partial charge in [-0.05, 0) is 19.3 Å². The molecule has 12 heavy (non-hydrogen) atoms. The van der Waals surface area contributed by atoms with Gasteiger partial charge in [0.25, 0.3) is 0 Å². The predicted molar refractivity (Wildman–Crippen MR) is 57.0 cm³/mol. The molecule has 0 bridgehead atoms. The minimum atomic E-state index is 1.21. The molecule has 0 spiro atoms. The highest BCUT2D eigenvalue weighted by molar-refractivity contribution is 4.96. The number of rotatable bonds is 8. The zero-order chi connectivity index (χ0) is 9.07. The van der Waals surface area contributed by atoms with Crippen LogP contribution in [0.3, 0.4) is 0 Å². The number of hydrogen-bond acceptors (Lipinski definition) is 0. The van der Waals surface area contributed by atoms with Crippen molar-refractivity contribution in [1.29, 1.82) is 0 Å². The molecule has 0 fully saturated rings. The smallest absolute Gasteiger partial charge is 0.0348 e. The van der Waals surface area contributed by atoms with Crippen LogP contribution in [0, 0.1) is 6.42 Å². The van der Waals surface area contributed by atoms with E-state index in [9.17, 15) is 0 Å². The molecule has 0 aliphatic carbocycles. The molecule has 0 nitrogen and oxygen atoms in total. The van der Waals surface area contributed by atoms with E-state index in [1.165, 1.54) is 38.5 Å². The van der Waals surface area contributed by atoms with Crippen LogP contribution in [-0.4, -0.2) is 0 Å². The maximum atomic E-state index is 3.63. The van der Waals surface area contributed by atoms with Gasteiger partial charge in [0.15, 0.2) is 0 Å². The van der Waals surface area contributed by atoms with E-state index in [0.717, 1.165) is 0 Å². The van der Waals surface area contributed by atoms with Crippen molar-refractivity contribution < 1.29 is 0 Å². The highest BCUT2D eigenvalue weighted by atomic mass is 13.9. The third-order valence-electron chi connectivity index (χ3n) is 1.84. The van der Waals surface area contributed by atoms with Gasteiger partial charge < -0.3 is 0 Å². The fourth-order valence-electron chi connectivity index (χ4n) is 1.12. The van der Waals surface area contributed by atoms with E-state index in [1.54, 1.807) is 0 Å². The van der Waals surface area contributed by atoms with Crippen LogP contribution in [0.5, 0.6) is 0 Å². The van der Waals surface area contributed by atoms with E-state index in [-0.39, 0.29) is 0 Å². The van der Waals surface area contributed by atoms with Crippen molar-refractivity contribution >= 4 is 0 Å². The summed E-state index contributed by atoms with van der Waals surface area (Å²) in [5.74, 6) is 0. The Balaban J connectivity index is 2.90. The summed E-state index contributed by atoms with van der Waals surface area (Å²) in [4.78, 5) is 0. The fourth-order valence-corrected chi connectivity index (χ4v) is 1.12. The largest absolute Gasteiger partial charge is 0.0991 e. The first-order valence-electron chi connectivity index (χ1n) is 5.01. The number of hydrogen-bond donors (Lipinski definition) is 0. The van der Waals surface area contributed by atoms with Gasteiger partial charge in [0.1, 0.15) is 0 Å². The van der Waals surface area contributed by atoms with Crippen molar-refractivity contribution in [3.8, 4) is 0 Å². The first-order valence-corrected chi connectivity index (χ1v) is 5.01. The average Bonchev–Trinajstić information content (AvgIpc) is 2.10. The summed E-state index contributed by atoms with van der Waals surface area (Å²) in [6.45, 7) is 5.83. The van der Waals surface area contributed by atoms with Crippen molar-refractivity contribution in [3.05, 3.63) is 31.2 Å². The molecule has 0 aliphatic rings. The van der Waals surface area contributed by atoms with E-state index in [1.807, 2.05) is 12.2 Å². The molecule has 0 heterocycles. The molecule has 69 valence electrons. The number of allylic oxidation sites excluding steroid dienone is 3. The molecule has 0 unspecified atom stereocenters. The SMILES string of the molecule is C=C/C=C/CCCCC[CH]CC. The Labute approximate surface area is 77.4 Å². The molecule has 0 N–H and O–H groups in total. The lowest BCUT2D eigenvalue weighted by Crippen LogP contribution is -1.77. The van der Waals surface area contributed by atoms with Crippen molar-refractivity contribution in [2.24, 2.45) is 0 Å². The topological polar surface area (TPSA) is 0 Å². The maximum Gasteiger partial charge on any atom is -0.0348 e. The van der Waals surface area contributed by atoms with Gasteiger partial charge in [0.2, 0.25) is 0 Å². The van der Waals surface area contributed by atoms with Gasteiger partial charge in [-0.25, -0.2) is 0 Å². The molecule has 0 aliphatic heterocycles. The third-order valence-corrected chi connectivity index (χ3v) is 1.84. The Morgan fingerprint density at radius 3 is 2.50 bits per heavy atom. The minimum absolute atomic E-state index is 1.21. The second kappa shape index (κ2) is 10.5. The Kier molecular flexibility index (Phi) is 10.0. The highest BCUT2D eigenvalue weighted by Crippen LogP contribution is 2.06. The predicted octanol–water partition coefficient (Wildman–Crippen LogP) is 4.29. The van der Waals surface area contributed by atoms with Crippen LogP contribution in [0.4, 0.5) is 0 Å². The molecular weight excluding hydrogens is 144 g/mol. The summed E-state index contributed by atoms with van der Waals surface area (Å²) in [6.07, 6.45) is 16.2. The van der Waals surface area contributed by atoms with Crippen molar-refractivity contribution in [1.82, 2.24) is 0 Å². The Morgan fingerprint density at radius 1 is 1.08 bits per heavy atom. The van der Waals surface area contributed by atoms with Gasteiger partial charge in [0, 0.05) is 0 Å². The Hall–Kier alpha value is -0.520. The van der Waals surface area contributed by atoms with Crippen LogP contribution in [0.2, 0.25) is 0 Å². The van der Waals surface area contributed by atoms with Gasteiger partial charge in [-0.2, -0.15) is 0 Å². The van der Waals surface area contributed by atoms with Gasteiger partial charge in [-0.3, -0.25) is 0 Å². The Morgan fingerprint density at radius 2 is 1.83 bits per heavy atom. The van der Waals surface area contributed by atoms with Crippen LogP contribution in [0.1, 0.15) is 45.4 Å². The second-order valence-electron chi connectivity index (χ2n) is 3.00. The van der Waals surface area contributed by atoms with Gasteiger partial charge in [-0.1, -0.05) is 57.4 Å². The number of unbranched alkanes of at least 4 members (excludes halogenated alkanes) is 6. The molecule has 0 aromatic rings. The summed E-state index contributed by atoms with van der Waals surface area (Å²) < 4.78 is 0. The molecule has 1 radical (unpaired) electrons. The summed E-state index contributed by atoms with van der Waals surface area (Å²) in [5, 5.41) is 0. The van der Waals surface area contributed by atoms with Gasteiger partial charge in [0.05, 0.1) is 0 Å². The van der Waals surface area contributed by atoms with E-state index in [0.29, 0.717) is 0 Å². The van der Waals surface area contributed by atoms with Gasteiger partial charge in [-0.15, -0.1) is 0 Å². The Bertz CT molecular complexity index is 111. The molecule has 0 atom stereocenters. The zero-order valence-electron chi connectivity index (χ0n) is 8.26. The standard InChI is InChI=1S/C12H21/c1-3-5-7-9-11-12-10-8-6-4-2/h3,5-7H,1,4,8-12H2,2H3/b7-5+. The van der Waals surface area contributed by atoms with Crippen LogP contribution in [-0.2, 0) is 0 Å². The highest BCUT2D eigenvalue weighted by Gasteiger charge is 1.87. The van der Waals surface area contributed by atoms with E-state index in [2.05, 4.69) is 26.0 Å². The summed E-state index contributed by atoms with van der Waals surface area (Å²) in [7, 11) is 0. The van der Waals surface area contributed by atoms with Crippen molar-refractivity contribution in [2.45, 2.75) is 45.4 Å². The molecule has 0 aromatic carbocycles. The van der Waals surface area contributed by atoms with E-state index >= 15 is 0 Å². The van der Waals surface area contributed by atoms with Gasteiger partial charge >= 0.3 is 0 Å². The molecular formula is C12H21. The quantitative estimate of drug-likeness (QED) is 0.372. The lowest BCUT2D eigenvalue weighted by molar-refractivity contribution is 0.673. The van der Waals surface area contributed by atoms with Crippen LogP contribution in [0.25, 0.3) is 0 Å². The van der Waals surface area contributed by atoms with Crippen LogP contribution < -0.4 is 0 Å². The fraction of sp³-hybridized carbons (Fsp3) is 0.583.